The zero-order valence-corrected chi connectivity index (χ0v) is 16.6. The molecule has 29 heavy (non-hydrogen) atoms. The highest BCUT2D eigenvalue weighted by Gasteiger charge is 2.28. The van der Waals surface area contributed by atoms with Gasteiger partial charge < -0.3 is 14.8 Å². The number of benzene rings is 2. The van der Waals surface area contributed by atoms with Gasteiger partial charge in [-0.1, -0.05) is 48.5 Å². The number of hydrogen-bond acceptors (Lipinski definition) is 4. The summed E-state index contributed by atoms with van der Waals surface area (Å²) >= 11 is 0. The van der Waals surface area contributed by atoms with Crippen LogP contribution in [0.5, 0.6) is 5.75 Å². The lowest BCUT2D eigenvalue weighted by Gasteiger charge is -2.18. The predicted molar refractivity (Wildman–Crippen MR) is 112 cm³/mol. The molecule has 1 aromatic heterocycles. The van der Waals surface area contributed by atoms with Crippen LogP contribution in [0.15, 0.2) is 66.9 Å². The number of pyridine rings is 1. The van der Waals surface area contributed by atoms with Crippen molar-refractivity contribution in [3.63, 3.8) is 0 Å². The topological polar surface area (TPSA) is 60.5 Å². The standard InChI is InChI=1S/C24H24N2O3/c1-16-8-7-13-25-21(16)20-12-6-11-18-14-19(29-22(18)20)15-26-24(27)23(28-2)17-9-4-3-5-10-17/h3-13,19,23H,14-15H2,1-2H3,(H,26,27). The van der Waals surface area contributed by atoms with Crippen molar-refractivity contribution in [2.45, 2.75) is 25.6 Å². The quantitative estimate of drug-likeness (QED) is 0.697. The molecule has 0 aliphatic carbocycles. The van der Waals surface area contributed by atoms with E-state index in [1.165, 1.54) is 0 Å². The van der Waals surface area contributed by atoms with E-state index < -0.39 is 6.10 Å². The molecule has 1 N–H and O–H groups in total. The maximum absolute atomic E-state index is 12.6. The zero-order valence-electron chi connectivity index (χ0n) is 16.6. The Kier molecular flexibility index (Phi) is 5.58. The van der Waals surface area contributed by atoms with Gasteiger partial charge in [-0.05, 0) is 35.7 Å². The minimum Gasteiger partial charge on any atom is -0.487 e. The summed E-state index contributed by atoms with van der Waals surface area (Å²) < 4.78 is 11.6. The van der Waals surface area contributed by atoms with E-state index in [9.17, 15) is 4.79 Å². The van der Waals surface area contributed by atoms with E-state index in [-0.39, 0.29) is 12.0 Å². The van der Waals surface area contributed by atoms with Crippen LogP contribution in [0.3, 0.4) is 0 Å². The van der Waals surface area contributed by atoms with Gasteiger partial charge in [-0.15, -0.1) is 0 Å². The third-order valence-corrected chi connectivity index (χ3v) is 5.17. The number of nitrogens with one attached hydrogen (secondary N) is 1. The van der Waals surface area contributed by atoms with Gasteiger partial charge in [0.2, 0.25) is 0 Å². The Hall–Kier alpha value is -3.18. The van der Waals surface area contributed by atoms with Gasteiger partial charge in [0, 0.05) is 25.3 Å². The number of carbonyl (C=O) groups excluding carboxylic acids is 1. The number of aromatic nitrogens is 1. The molecule has 4 rings (SSSR count). The van der Waals surface area contributed by atoms with Crippen molar-refractivity contribution in [1.82, 2.24) is 10.3 Å². The molecule has 0 fully saturated rings. The van der Waals surface area contributed by atoms with E-state index in [0.717, 1.165) is 40.1 Å². The van der Waals surface area contributed by atoms with Crippen molar-refractivity contribution in [3.05, 3.63) is 83.6 Å². The predicted octanol–water partition coefficient (Wildman–Crippen LogP) is 3.86. The highest BCUT2D eigenvalue weighted by molar-refractivity contribution is 5.82. The molecule has 5 nitrogen and oxygen atoms in total. The van der Waals surface area contributed by atoms with Gasteiger partial charge in [-0.3, -0.25) is 9.78 Å². The second kappa shape index (κ2) is 8.45. The Morgan fingerprint density at radius 2 is 2.00 bits per heavy atom. The van der Waals surface area contributed by atoms with E-state index in [4.69, 9.17) is 9.47 Å². The van der Waals surface area contributed by atoms with Crippen LogP contribution >= 0.6 is 0 Å². The third kappa shape index (κ3) is 4.00. The van der Waals surface area contributed by atoms with Crippen LogP contribution in [0.25, 0.3) is 11.3 Å². The summed E-state index contributed by atoms with van der Waals surface area (Å²) in [7, 11) is 1.54. The molecule has 0 radical (unpaired) electrons. The minimum atomic E-state index is -0.633. The molecular formula is C24H24N2O3. The SMILES string of the molecule is COC(C(=O)NCC1Cc2cccc(-c3ncccc3C)c2O1)c1ccccc1. The number of amides is 1. The van der Waals surface area contributed by atoms with Crippen LogP contribution in [0, 0.1) is 6.92 Å². The second-order valence-electron chi connectivity index (χ2n) is 7.18. The van der Waals surface area contributed by atoms with Gasteiger partial charge in [-0.25, -0.2) is 0 Å². The molecule has 1 aliphatic heterocycles. The number of para-hydroxylation sites is 1. The van der Waals surface area contributed by atoms with Crippen LogP contribution < -0.4 is 10.1 Å². The van der Waals surface area contributed by atoms with Crippen LogP contribution in [0.4, 0.5) is 0 Å². The van der Waals surface area contributed by atoms with Gasteiger partial charge in [0.15, 0.2) is 6.10 Å². The maximum Gasteiger partial charge on any atom is 0.253 e. The normalized spacial score (nSPS) is 16.0. The van der Waals surface area contributed by atoms with Crippen LogP contribution in [0.2, 0.25) is 0 Å². The molecule has 0 bridgehead atoms. The average molecular weight is 388 g/mol. The molecule has 2 unspecified atom stereocenters. The minimum absolute atomic E-state index is 0.118. The number of nitrogens with zero attached hydrogens (tertiary/aromatic N) is 1. The molecule has 5 heteroatoms. The monoisotopic (exact) mass is 388 g/mol. The van der Waals surface area contributed by atoms with Gasteiger partial charge >= 0.3 is 0 Å². The summed E-state index contributed by atoms with van der Waals surface area (Å²) in [6.45, 7) is 2.46. The first-order chi connectivity index (χ1) is 14.2. The lowest BCUT2D eigenvalue weighted by atomic mass is 10.0. The fraction of sp³-hybridized carbons (Fsp3) is 0.250. The molecule has 0 saturated carbocycles. The molecule has 148 valence electrons. The number of aryl methyl sites for hydroxylation is 1. The highest BCUT2D eigenvalue weighted by atomic mass is 16.5. The van der Waals surface area contributed by atoms with Crippen LogP contribution in [0.1, 0.15) is 22.8 Å². The Morgan fingerprint density at radius 1 is 1.17 bits per heavy atom. The number of ether oxygens (including phenoxy) is 2. The average Bonchev–Trinajstić information content (AvgIpc) is 3.17. The molecule has 0 saturated heterocycles. The lowest BCUT2D eigenvalue weighted by Crippen LogP contribution is -2.37. The van der Waals surface area contributed by atoms with Gasteiger partial charge in [0.25, 0.3) is 5.91 Å². The number of hydrogen-bond donors (Lipinski definition) is 1. The van der Waals surface area contributed by atoms with E-state index in [1.807, 2.05) is 61.5 Å². The van der Waals surface area contributed by atoms with Crippen molar-refractivity contribution in [2.24, 2.45) is 0 Å². The Balaban J connectivity index is 1.45. The highest BCUT2D eigenvalue weighted by Crippen LogP contribution is 2.38. The largest absolute Gasteiger partial charge is 0.487 e. The van der Waals surface area contributed by atoms with Crippen molar-refractivity contribution in [2.75, 3.05) is 13.7 Å². The van der Waals surface area contributed by atoms with Crippen LogP contribution in [-0.4, -0.2) is 30.6 Å². The fourth-order valence-corrected chi connectivity index (χ4v) is 3.74. The molecular weight excluding hydrogens is 364 g/mol. The van der Waals surface area contributed by atoms with E-state index in [2.05, 4.69) is 16.4 Å². The number of carbonyl (C=O) groups is 1. The number of rotatable bonds is 6. The maximum atomic E-state index is 12.6. The first-order valence-corrected chi connectivity index (χ1v) is 9.73. The Bertz CT molecular complexity index is 1000. The van der Waals surface area contributed by atoms with Gasteiger partial charge in [0.1, 0.15) is 11.9 Å². The molecule has 2 aromatic carbocycles. The number of fused-ring (bicyclic) bond motifs is 1. The van der Waals surface area contributed by atoms with Crippen molar-refractivity contribution in [1.29, 1.82) is 0 Å². The first kappa shape index (κ1) is 19.2. The fourth-order valence-electron chi connectivity index (χ4n) is 3.74. The van der Waals surface area contributed by atoms with E-state index in [0.29, 0.717) is 6.54 Å². The molecule has 0 spiro atoms. The van der Waals surface area contributed by atoms with Crippen molar-refractivity contribution in [3.8, 4) is 17.0 Å². The summed E-state index contributed by atoms with van der Waals surface area (Å²) in [5.41, 5.74) is 4.99. The van der Waals surface area contributed by atoms with Gasteiger partial charge in [-0.2, -0.15) is 0 Å². The second-order valence-corrected chi connectivity index (χ2v) is 7.18. The molecule has 2 heterocycles. The summed E-state index contributed by atoms with van der Waals surface area (Å²) in [6.07, 6.45) is 1.79. The molecule has 1 aliphatic rings. The first-order valence-electron chi connectivity index (χ1n) is 9.73. The summed E-state index contributed by atoms with van der Waals surface area (Å²) in [5.74, 6) is 0.693. The Morgan fingerprint density at radius 3 is 2.76 bits per heavy atom. The summed E-state index contributed by atoms with van der Waals surface area (Å²) in [4.78, 5) is 17.2. The molecule has 2 atom stereocenters. The number of methoxy groups -OCH3 is 1. The Labute approximate surface area is 170 Å². The third-order valence-electron chi connectivity index (χ3n) is 5.17. The van der Waals surface area contributed by atoms with Crippen molar-refractivity contribution < 1.29 is 14.3 Å². The van der Waals surface area contributed by atoms with E-state index in [1.54, 1.807) is 13.3 Å². The zero-order chi connectivity index (χ0) is 20.2. The lowest BCUT2D eigenvalue weighted by molar-refractivity contribution is -0.131. The summed E-state index contributed by atoms with van der Waals surface area (Å²) in [5, 5.41) is 2.98. The summed E-state index contributed by atoms with van der Waals surface area (Å²) in [6, 6.07) is 19.6. The molecule has 1 amide bonds. The van der Waals surface area contributed by atoms with Crippen LogP contribution in [-0.2, 0) is 16.0 Å². The van der Waals surface area contributed by atoms with Gasteiger partial charge in [0.05, 0.1) is 12.2 Å². The van der Waals surface area contributed by atoms with Crippen molar-refractivity contribution >= 4 is 5.91 Å². The smallest absolute Gasteiger partial charge is 0.253 e. The molecule has 3 aromatic rings. The van der Waals surface area contributed by atoms with E-state index >= 15 is 0 Å².